The molecule has 0 saturated carbocycles. The van der Waals surface area contributed by atoms with Crippen LogP contribution in [0.4, 0.5) is 0 Å². The van der Waals surface area contributed by atoms with E-state index in [2.05, 4.69) is 20.6 Å². The van der Waals surface area contributed by atoms with Gasteiger partial charge in [-0.15, -0.1) is 15.3 Å². The van der Waals surface area contributed by atoms with Gasteiger partial charge in [-0.05, 0) is 42.5 Å². The summed E-state index contributed by atoms with van der Waals surface area (Å²) in [5, 5.41) is 16.1. The van der Waals surface area contributed by atoms with E-state index in [1.165, 1.54) is 0 Å². The Morgan fingerprint density at radius 3 is 2.65 bits per heavy atom. The van der Waals surface area contributed by atoms with Gasteiger partial charge in [0.2, 0.25) is 5.88 Å². The highest BCUT2D eigenvalue weighted by molar-refractivity contribution is 6.30. The van der Waals surface area contributed by atoms with E-state index in [-0.39, 0.29) is 25.7 Å². The fraction of sp³-hybridized carbons (Fsp3) is 0.217. The molecule has 0 aliphatic rings. The Morgan fingerprint density at radius 1 is 1.00 bits per heavy atom. The molecule has 34 heavy (non-hydrogen) atoms. The average molecular weight is 484 g/mol. The highest BCUT2D eigenvalue weighted by Crippen LogP contribution is 2.31. The second-order valence-electron chi connectivity index (χ2n) is 6.98. The van der Waals surface area contributed by atoms with Crippen molar-refractivity contribution in [2.45, 2.75) is 0 Å². The van der Waals surface area contributed by atoms with Crippen LogP contribution in [0.3, 0.4) is 0 Å². The standard InChI is InChI=1S/C23H22ClN5O5/c1-31-18-7-6-15(12-19(18)32-2)23-27-26-20-8-9-22(28-29(20)23)33-11-10-25-21(30)14-34-17-5-3-4-16(24)13-17/h3-9,12-13H,10-11,14H2,1-2H3,(H,25,30). The smallest absolute Gasteiger partial charge is 0.258 e. The zero-order chi connectivity index (χ0) is 23.9. The number of carbonyl (C=O) groups is 1. The predicted octanol–water partition coefficient (Wildman–Crippen LogP) is 3.04. The summed E-state index contributed by atoms with van der Waals surface area (Å²) >= 11 is 5.90. The number of rotatable bonds is 10. The Kier molecular flexibility index (Phi) is 7.28. The first-order valence-corrected chi connectivity index (χ1v) is 10.7. The van der Waals surface area contributed by atoms with Crippen molar-refractivity contribution in [1.29, 1.82) is 0 Å². The van der Waals surface area contributed by atoms with Crippen LogP contribution in [0.25, 0.3) is 17.0 Å². The van der Waals surface area contributed by atoms with Crippen molar-refractivity contribution in [3.8, 4) is 34.5 Å². The molecule has 4 aromatic rings. The molecule has 0 aliphatic carbocycles. The maximum Gasteiger partial charge on any atom is 0.258 e. The molecule has 0 saturated heterocycles. The van der Waals surface area contributed by atoms with Crippen LogP contribution in [0, 0.1) is 0 Å². The molecule has 0 atom stereocenters. The maximum absolute atomic E-state index is 12.0. The van der Waals surface area contributed by atoms with Crippen LogP contribution in [0.1, 0.15) is 0 Å². The topological polar surface area (TPSA) is 109 Å². The van der Waals surface area contributed by atoms with E-state index in [0.29, 0.717) is 39.6 Å². The highest BCUT2D eigenvalue weighted by atomic mass is 35.5. The van der Waals surface area contributed by atoms with Crippen molar-refractivity contribution in [2.24, 2.45) is 0 Å². The number of hydrogen-bond donors (Lipinski definition) is 1. The lowest BCUT2D eigenvalue weighted by atomic mass is 10.2. The summed E-state index contributed by atoms with van der Waals surface area (Å²) in [7, 11) is 3.14. The molecule has 10 nitrogen and oxygen atoms in total. The molecule has 11 heteroatoms. The number of amides is 1. The fourth-order valence-corrected chi connectivity index (χ4v) is 3.29. The lowest BCUT2D eigenvalue weighted by molar-refractivity contribution is -0.123. The van der Waals surface area contributed by atoms with Gasteiger partial charge in [-0.2, -0.15) is 4.52 Å². The van der Waals surface area contributed by atoms with Crippen LogP contribution in [0.2, 0.25) is 5.02 Å². The van der Waals surface area contributed by atoms with Gasteiger partial charge in [0.1, 0.15) is 12.4 Å². The zero-order valence-electron chi connectivity index (χ0n) is 18.5. The summed E-state index contributed by atoms with van der Waals surface area (Å²) < 4.78 is 23.3. The molecule has 0 bridgehead atoms. The average Bonchev–Trinajstić information content (AvgIpc) is 3.28. The number of aromatic nitrogens is 4. The summed E-state index contributed by atoms with van der Waals surface area (Å²) in [5.41, 5.74) is 1.31. The number of fused-ring (bicyclic) bond motifs is 1. The number of nitrogens with zero attached hydrogens (tertiary/aromatic N) is 4. The Labute approximate surface area is 200 Å². The maximum atomic E-state index is 12.0. The van der Waals surface area contributed by atoms with Gasteiger partial charge in [-0.3, -0.25) is 4.79 Å². The number of nitrogens with one attached hydrogen (secondary N) is 1. The molecule has 0 fully saturated rings. The molecule has 0 unspecified atom stereocenters. The summed E-state index contributed by atoms with van der Waals surface area (Å²) in [5.74, 6) is 2.31. The molecule has 176 valence electrons. The van der Waals surface area contributed by atoms with E-state index in [4.69, 9.17) is 30.5 Å². The van der Waals surface area contributed by atoms with E-state index in [9.17, 15) is 4.79 Å². The van der Waals surface area contributed by atoms with Crippen molar-refractivity contribution >= 4 is 23.2 Å². The van der Waals surface area contributed by atoms with E-state index in [1.54, 1.807) is 67.3 Å². The van der Waals surface area contributed by atoms with Crippen molar-refractivity contribution in [1.82, 2.24) is 25.1 Å². The van der Waals surface area contributed by atoms with Gasteiger partial charge in [0.05, 0.1) is 20.8 Å². The molecule has 1 amide bonds. The van der Waals surface area contributed by atoms with Crippen molar-refractivity contribution in [3.63, 3.8) is 0 Å². The second kappa shape index (κ2) is 10.7. The van der Waals surface area contributed by atoms with Gasteiger partial charge in [-0.25, -0.2) is 0 Å². The van der Waals surface area contributed by atoms with Crippen LogP contribution in [0.5, 0.6) is 23.1 Å². The van der Waals surface area contributed by atoms with Crippen LogP contribution in [-0.2, 0) is 4.79 Å². The summed E-state index contributed by atoms with van der Waals surface area (Å²) in [6, 6.07) is 15.7. The Morgan fingerprint density at radius 2 is 1.85 bits per heavy atom. The summed E-state index contributed by atoms with van der Waals surface area (Å²) in [4.78, 5) is 12.0. The number of methoxy groups -OCH3 is 2. The Bertz CT molecular complexity index is 1300. The van der Waals surface area contributed by atoms with Crippen LogP contribution >= 0.6 is 11.6 Å². The Balaban J connectivity index is 1.34. The van der Waals surface area contributed by atoms with Crippen LogP contribution < -0.4 is 24.3 Å². The molecule has 4 rings (SSSR count). The molecular weight excluding hydrogens is 462 g/mol. The molecule has 0 radical (unpaired) electrons. The highest BCUT2D eigenvalue weighted by Gasteiger charge is 2.13. The number of halogens is 1. The van der Waals surface area contributed by atoms with Crippen molar-refractivity contribution in [3.05, 3.63) is 59.6 Å². The minimum absolute atomic E-state index is 0.125. The third-order valence-corrected chi connectivity index (χ3v) is 4.96. The van der Waals surface area contributed by atoms with E-state index in [0.717, 1.165) is 5.56 Å². The first-order valence-electron chi connectivity index (χ1n) is 10.3. The third-order valence-electron chi connectivity index (χ3n) is 4.72. The minimum Gasteiger partial charge on any atom is -0.493 e. The van der Waals surface area contributed by atoms with Gasteiger partial charge in [-0.1, -0.05) is 17.7 Å². The number of hydrogen-bond acceptors (Lipinski definition) is 8. The summed E-state index contributed by atoms with van der Waals surface area (Å²) in [6.07, 6.45) is 0. The minimum atomic E-state index is -0.276. The first kappa shape index (κ1) is 23.1. The normalized spacial score (nSPS) is 10.7. The van der Waals surface area contributed by atoms with Crippen LogP contribution in [-0.4, -0.2) is 59.7 Å². The lowest BCUT2D eigenvalue weighted by Crippen LogP contribution is -2.32. The monoisotopic (exact) mass is 483 g/mol. The molecule has 0 spiro atoms. The molecule has 2 aromatic carbocycles. The number of ether oxygens (including phenoxy) is 4. The first-order chi connectivity index (χ1) is 16.6. The lowest BCUT2D eigenvalue weighted by Gasteiger charge is -2.10. The number of carbonyl (C=O) groups excluding carboxylic acids is 1. The fourth-order valence-electron chi connectivity index (χ4n) is 3.11. The molecular formula is C23H22ClN5O5. The van der Waals surface area contributed by atoms with Gasteiger partial charge in [0.25, 0.3) is 5.91 Å². The van der Waals surface area contributed by atoms with Gasteiger partial charge >= 0.3 is 0 Å². The van der Waals surface area contributed by atoms with Crippen LogP contribution in [0.15, 0.2) is 54.6 Å². The largest absolute Gasteiger partial charge is 0.493 e. The van der Waals surface area contributed by atoms with E-state index in [1.807, 2.05) is 6.07 Å². The molecule has 2 aromatic heterocycles. The predicted molar refractivity (Wildman–Crippen MR) is 125 cm³/mol. The molecule has 2 heterocycles. The quantitative estimate of drug-likeness (QED) is 0.343. The van der Waals surface area contributed by atoms with Gasteiger partial charge in [0.15, 0.2) is 29.6 Å². The number of benzene rings is 2. The SMILES string of the molecule is COc1ccc(-c2nnc3ccc(OCCNC(=O)COc4cccc(Cl)c4)nn23)cc1OC. The third kappa shape index (κ3) is 5.46. The van der Waals surface area contributed by atoms with Crippen molar-refractivity contribution < 1.29 is 23.7 Å². The molecule has 0 aliphatic heterocycles. The molecule has 1 N–H and O–H groups in total. The van der Waals surface area contributed by atoms with Crippen molar-refractivity contribution in [2.75, 3.05) is 34.0 Å². The van der Waals surface area contributed by atoms with Gasteiger partial charge in [0, 0.05) is 16.7 Å². The van der Waals surface area contributed by atoms with E-state index < -0.39 is 0 Å². The Hall–Kier alpha value is -4.05. The summed E-state index contributed by atoms with van der Waals surface area (Å²) in [6.45, 7) is 0.372. The van der Waals surface area contributed by atoms with Gasteiger partial charge < -0.3 is 24.3 Å². The zero-order valence-corrected chi connectivity index (χ0v) is 19.3. The van der Waals surface area contributed by atoms with E-state index >= 15 is 0 Å². The second-order valence-corrected chi connectivity index (χ2v) is 7.42.